The highest BCUT2D eigenvalue weighted by atomic mass is 32.2. The van der Waals surface area contributed by atoms with Crippen molar-refractivity contribution >= 4 is 28.5 Å². The predicted molar refractivity (Wildman–Crippen MR) is 88.8 cm³/mol. The van der Waals surface area contributed by atoms with Crippen LogP contribution in [0.1, 0.15) is 33.5 Å². The SMILES string of the molecule is CCOC(=O)c1cnc2c(SC(=O)c3cc(C)on3)cccn2c1=O. The van der Waals surface area contributed by atoms with E-state index < -0.39 is 11.5 Å². The Labute approximate surface area is 145 Å². The van der Waals surface area contributed by atoms with Crippen LogP contribution in [0.3, 0.4) is 0 Å². The highest BCUT2D eigenvalue weighted by molar-refractivity contribution is 8.14. The third-order valence-electron chi connectivity index (χ3n) is 3.23. The largest absolute Gasteiger partial charge is 0.462 e. The van der Waals surface area contributed by atoms with E-state index >= 15 is 0 Å². The van der Waals surface area contributed by atoms with E-state index in [-0.39, 0.29) is 28.6 Å². The molecule has 8 nitrogen and oxygen atoms in total. The lowest BCUT2D eigenvalue weighted by molar-refractivity contribution is 0.0523. The molecule has 3 aromatic rings. The quantitative estimate of drug-likeness (QED) is 0.515. The molecule has 0 saturated heterocycles. The number of hydrogen-bond acceptors (Lipinski definition) is 8. The molecule has 0 saturated carbocycles. The molecule has 0 amide bonds. The maximum atomic E-state index is 12.5. The Bertz CT molecular complexity index is 1020. The molecule has 0 aromatic carbocycles. The van der Waals surface area contributed by atoms with Gasteiger partial charge >= 0.3 is 5.97 Å². The van der Waals surface area contributed by atoms with E-state index in [1.807, 2.05) is 0 Å². The van der Waals surface area contributed by atoms with Gasteiger partial charge in [-0.1, -0.05) is 5.16 Å². The first-order chi connectivity index (χ1) is 12.0. The molecule has 25 heavy (non-hydrogen) atoms. The minimum absolute atomic E-state index is 0.155. The summed E-state index contributed by atoms with van der Waals surface area (Å²) >= 11 is 0.873. The van der Waals surface area contributed by atoms with Crippen LogP contribution in [-0.4, -0.2) is 32.2 Å². The molecule has 0 bridgehead atoms. The van der Waals surface area contributed by atoms with E-state index in [1.165, 1.54) is 16.7 Å². The van der Waals surface area contributed by atoms with Gasteiger partial charge in [-0.3, -0.25) is 14.0 Å². The van der Waals surface area contributed by atoms with Crippen molar-refractivity contribution in [2.75, 3.05) is 6.61 Å². The highest BCUT2D eigenvalue weighted by Gasteiger charge is 2.18. The summed E-state index contributed by atoms with van der Waals surface area (Å²) in [5, 5.41) is 3.33. The Balaban J connectivity index is 2.00. The van der Waals surface area contributed by atoms with Crippen molar-refractivity contribution in [1.82, 2.24) is 14.5 Å². The number of aromatic nitrogens is 3. The van der Waals surface area contributed by atoms with Crippen LogP contribution in [0.2, 0.25) is 0 Å². The molecule has 0 radical (unpaired) electrons. The summed E-state index contributed by atoms with van der Waals surface area (Å²) in [6.07, 6.45) is 2.63. The molecule has 3 heterocycles. The van der Waals surface area contributed by atoms with Gasteiger partial charge < -0.3 is 9.26 Å². The second-order valence-electron chi connectivity index (χ2n) is 4.98. The summed E-state index contributed by atoms with van der Waals surface area (Å²) in [7, 11) is 0. The van der Waals surface area contributed by atoms with E-state index in [0.29, 0.717) is 10.7 Å². The first kappa shape index (κ1) is 16.9. The van der Waals surface area contributed by atoms with Crippen LogP contribution in [0.25, 0.3) is 5.65 Å². The Morgan fingerprint density at radius 3 is 2.88 bits per heavy atom. The number of esters is 1. The Hall–Kier alpha value is -2.94. The predicted octanol–water partition coefficient (Wildman–Crippen LogP) is 2.10. The Morgan fingerprint density at radius 2 is 2.20 bits per heavy atom. The van der Waals surface area contributed by atoms with Crippen molar-refractivity contribution in [3.63, 3.8) is 0 Å². The Kier molecular flexibility index (Phi) is 4.66. The lowest BCUT2D eigenvalue weighted by Gasteiger charge is -2.07. The number of rotatable bonds is 4. The zero-order valence-corrected chi connectivity index (χ0v) is 14.2. The van der Waals surface area contributed by atoms with Crippen LogP contribution >= 0.6 is 11.8 Å². The standard InChI is InChI=1S/C16H13N3O5S/c1-3-23-15(21)10-8-17-13-12(5-4-6-19(13)14(10)20)25-16(22)11-7-9(2)24-18-11/h4-8H,3H2,1-2H3. The Morgan fingerprint density at radius 1 is 1.40 bits per heavy atom. The molecule has 0 fully saturated rings. The number of pyridine rings is 1. The number of ether oxygens (including phenoxy) is 1. The van der Waals surface area contributed by atoms with E-state index in [4.69, 9.17) is 9.26 Å². The molecule has 0 aliphatic heterocycles. The number of fused-ring (bicyclic) bond motifs is 1. The van der Waals surface area contributed by atoms with Gasteiger partial charge in [-0.15, -0.1) is 0 Å². The first-order valence-corrected chi connectivity index (χ1v) is 8.16. The normalized spacial score (nSPS) is 10.8. The average Bonchev–Trinajstić information content (AvgIpc) is 3.02. The van der Waals surface area contributed by atoms with Crippen LogP contribution in [0, 0.1) is 6.92 Å². The molecule has 0 aliphatic carbocycles. The number of nitrogens with zero attached hydrogens (tertiary/aromatic N) is 3. The van der Waals surface area contributed by atoms with Crippen molar-refractivity contribution in [1.29, 1.82) is 0 Å². The fourth-order valence-electron chi connectivity index (χ4n) is 2.12. The fourth-order valence-corrected chi connectivity index (χ4v) is 2.91. The smallest absolute Gasteiger partial charge is 0.345 e. The number of thioether (sulfide) groups is 1. The molecule has 0 atom stereocenters. The number of aryl methyl sites for hydroxylation is 1. The summed E-state index contributed by atoms with van der Waals surface area (Å²) in [5.74, 6) is -0.211. The van der Waals surface area contributed by atoms with Gasteiger partial charge in [-0.2, -0.15) is 0 Å². The van der Waals surface area contributed by atoms with Crippen molar-refractivity contribution in [2.45, 2.75) is 18.7 Å². The topological polar surface area (TPSA) is 104 Å². The molecule has 9 heteroatoms. The molecular formula is C16H13N3O5S. The van der Waals surface area contributed by atoms with Crippen molar-refractivity contribution < 1.29 is 18.8 Å². The molecule has 0 unspecified atom stereocenters. The summed E-state index contributed by atoms with van der Waals surface area (Å²) in [6, 6.07) is 4.77. The van der Waals surface area contributed by atoms with Gasteiger partial charge in [-0.05, 0) is 37.7 Å². The lowest BCUT2D eigenvalue weighted by Crippen LogP contribution is -2.24. The zero-order valence-electron chi connectivity index (χ0n) is 13.4. The molecule has 0 N–H and O–H groups in total. The zero-order chi connectivity index (χ0) is 18.0. The monoisotopic (exact) mass is 359 g/mol. The second kappa shape index (κ2) is 6.89. The fraction of sp³-hybridized carbons (Fsp3) is 0.188. The second-order valence-corrected chi connectivity index (χ2v) is 5.99. The van der Waals surface area contributed by atoms with E-state index in [9.17, 15) is 14.4 Å². The summed E-state index contributed by atoms with van der Waals surface area (Å²) in [4.78, 5) is 41.1. The molecule has 0 spiro atoms. The van der Waals surface area contributed by atoms with Gasteiger partial charge in [0.05, 0.1) is 11.5 Å². The van der Waals surface area contributed by atoms with Crippen LogP contribution in [0.4, 0.5) is 0 Å². The third-order valence-corrected chi connectivity index (χ3v) is 4.16. The molecule has 3 aromatic heterocycles. The van der Waals surface area contributed by atoms with Crippen molar-refractivity contribution in [3.05, 3.63) is 58.0 Å². The van der Waals surface area contributed by atoms with Crippen molar-refractivity contribution in [2.24, 2.45) is 0 Å². The van der Waals surface area contributed by atoms with Crippen LogP contribution in [0.5, 0.6) is 0 Å². The lowest BCUT2D eigenvalue weighted by atomic mass is 10.3. The van der Waals surface area contributed by atoms with Crippen LogP contribution in [-0.2, 0) is 4.74 Å². The van der Waals surface area contributed by atoms with E-state index in [0.717, 1.165) is 18.0 Å². The number of hydrogen-bond donors (Lipinski definition) is 0. The average molecular weight is 359 g/mol. The van der Waals surface area contributed by atoms with Gasteiger partial charge in [0.1, 0.15) is 11.3 Å². The summed E-state index contributed by atoms with van der Waals surface area (Å²) in [6.45, 7) is 3.49. The van der Waals surface area contributed by atoms with Crippen LogP contribution in [0.15, 0.2) is 44.8 Å². The van der Waals surface area contributed by atoms with Crippen molar-refractivity contribution in [3.8, 4) is 0 Å². The number of carbonyl (C=O) groups excluding carboxylic acids is 2. The van der Waals surface area contributed by atoms with E-state index in [1.54, 1.807) is 26.0 Å². The van der Waals surface area contributed by atoms with Crippen LogP contribution < -0.4 is 5.56 Å². The van der Waals surface area contributed by atoms with E-state index in [2.05, 4.69) is 10.1 Å². The maximum Gasteiger partial charge on any atom is 0.345 e. The summed E-state index contributed by atoms with van der Waals surface area (Å²) < 4.78 is 10.9. The summed E-state index contributed by atoms with van der Waals surface area (Å²) in [5.41, 5.74) is -0.287. The van der Waals surface area contributed by atoms with Gasteiger partial charge in [0, 0.05) is 18.5 Å². The first-order valence-electron chi connectivity index (χ1n) is 7.34. The molecule has 0 aliphatic rings. The molecular weight excluding hydrogens is 346 g/mol. The van der Waals surface area contributed by atoms with Gasteiger partial charge in [0.2, 0.25) is 5.12 Å². The minimum atomic E-state index is -0.735. The molecule has 128 valence electrons. The molecule has 3 rings (SSSR count). The van der Waals surface area contributed by atoms with Gasteiger partial charge in [0.25, 0.3) is 5.56 Å². The highest BCUT2D eigenvalue weighted by Crippen LogP contribution is 2.25. The van der Waals surface area contributed by atoms with Gasteiger partial charge in [-0.25, -0.2) is 9.78 Å². The van der Waals surface area contributed by atoms with Gasteiger partial charge in [0.15, 0.2) is 11.3 Å². The minimum Gasteiger partial charge on any atom is -0.462 e. The maximum absolute atomic E-state index is 12.5. The third kappa shape index (κ3) is 3.31. The number of carbonyl (C=O) groups is 2.